The van der Waals surface area contributed by atoms with E-state index in [4.69, 9.17) is 0 Å². The fourth-order valence-electron chi connectivity index (χ4n) is 2.64. The normalized spacial score (nSPS) is 14.7. The van der Waals surface area contributed by atoms with Crippen LogP contribution in [0.5, 0.6) is 0 Å². The fourth-order valence-corrected chi connectivity index (χ4v) is 4.60. The number of nitrogens with zero attached hydrogens (tertiary/aromatic N) is 3. The molecule has 0 saturated carbocycles. The first-order valence-corrected chi connectivity index (χ1v) is 10.1. The molecule has 0 fully saturated rings. The lowest BCUT2D eigenvalue weighted by Gasteiger charge is -2.27. The summed E-state index contributed by atoms with van der Waals surface area (Å²) < 4.78 is 28.4. The minimum Gasteiger partial charge on any atom is -0.338 e. The van der Waals surface area contributed by atoms with Crippen LogP contribution in [0.25, 0.3) is 0 Å². The molecule has 2 aromatic rings. The molecule has 1 N–H and O–H groups in total. The highest BCUT2D eigenvalue weighted by atomic mass is 32.2. The van der Waals surface area contributed by atoms with Gasteiger partial charge in [0, 0.05) is 44.2 Å². The van der Waals surface area contributed by atoms with Gasteiger partial charge in [-0.1, -0.05) is 0 Å². The van der Waals surface area contributed by atoms with Gasteiger partial charge in [0.05, 0.1) is 0 Å². The molecule has 0 unspecified atom stereocenters. The summed E-state index contributed by atoms with van der Waals surface area (Å²) in [5, 5.41) is 2.03. The van der Waals surface area contributed by atoms with E-state index in [0.717, 1.165) is 6.42 Å². The minimum absolute atomic E-state index is 0.0177. The number of imidazole rings is 1. The predicted octanol–water partition coefficient (Wildman–Crippen LogP) is 1.04. The van der Waals surface area contributed by atoms with Crippen LogP contribution in [0.4, 0.5) is 0 Å². The van der Waals surface area contributed by atoms with Crippen molar-refractivity contribution in [2.75, 3.05) is 13.1 Å². The van der Waals surface area contributed by atoms with Gasteiger partial charge in [0.2, 0.25) is 5.91 Å². The summed E-state index contributed by atoms with van der Waals surface area (Å²) in [5.74, 6) is 0.582. The lowest BCUT2D eigenvalue weighted by Crippen LogP contribution is -2.37. The number of hydrogen-bond donors (Lipinski definition) is 1. The SMILES string of the molecule is Cc1nc(S(=O)(=O)NCCC(=O)N2CCc3sccc3C2)cn1C. The number of sulfonamides is 1. The smallest absolute Gasteiger partial charge is 0.259 e. The summed E-state index contributed by atoms with van der Waals surface area (Å²) >= 11 is 1.72. The highest BCUT2D eigenvalue weighted by Gasteiger charge is 2.22. The molecule has 7 nitrogen and oxygen atoms in total. The van der Waals surface area contributed by atoms with Crippen LogP contribution in [0.2, 0.25) is 0 Å². The number of carbonyl (C=O) groups is 1. The van der Waals surface area contributed by atoms with Gasteiger partial charge in [-0.2, -0.15) is 0 Å². The van der Waals surface area contributed by atoms with Crippen molar-refractivity contribution >= 4 is 27.3 Å². The third kappa shape index (κ3) is 3.52. The van der Waals surface area contributed by atoms with Gasteiger partial charge in [-0.05, 0) is 30.4 Å². The summed E-state index contributed by atoms with van der Waals surface area (Å²) in [5.41, 5.74) is 1.20. The van der Waals surface area contributed by atoms with E-state index < -0.39 is 10.0 Å². The molecule has 24 heavy (non-hydrogen) atoms. The Hall–Kier alpha value is -1.71. The molecular weight excluding hydrogens is 348 g/mol. The van der Waals surface area contributed by atoms with Crippen molar-refractivity contribution in [2.45, 2.75) is 31.3 Å². The van der Waals surface area contributed by atoms with E-state index in [2.05, 4.69) is 9.71 Å². The van der Waals surface area contributed by atoms with Crippen LogP contribution < -0.4 is 4.72 Å². The standard InChI is InChI=1S/C15H20N4O3S2/c1-11-17-14(10-18(11)2)24(21,22)16-6-3-15(20)19-7-4-13-12(9-19)5-8-23-13/h5,8,10,16H,3-4,6-7,9H2,1-2H3. The predicted molar refractivity (Wildman–Crippen MR) is 91.2 cm³/mol. The van der Waals surface area contributed by atoms with Crippen LogP contribution in [0.15, 0.2) is 22.7 Å². The Labute approximate surface area is 145 Å². The largest absolute Gasteiger partial charge is 0.338 e. The molecule has 0 aromatic carbocycles. The zero-order valence-electron chi connectivity index (χ0n) is 13.7. The molecule has 0 atom stereocenters. The second-order valence-electron chi connectivity index (χ2n) is 5.82. The minimum atomic E-state index is -3.68. The van der Waals surface area contributed by atoms with Crippen LogP contribution in [-0.2, 0) is 34.8 Å². The summed E-state index contributed by atoms with van der Waals surface area (Å²) in [6.45, 7) is 3.11. The zero-order chi connectivity index (χ0) is 17.3. The average Bonchev–Trinajstić information content (AvgIpc) is 3.13. The van der Waals surface area contributed by atoms with Gasteiger partial charge in [0.1, 0.15) is 5.82 Å². The lowest BCUT2D eigenvalue weighted by molar-refractivity contribution is -0.131. The monoisotopic (exact) mass is 368 g/mol. The topological polar surface area (TPSA) is 84.3 Å². The Morgan fingerprint density at radius 2 is 2.25 bits per heavy atom. The van der Waals surface area contributed by atoms with Gasteiger partial charge in [-0.25, -0.2) is 18.1 Å². The number of aromatic nitrogens is 2. The highest BCUT2D eigenvalue weighted by Crippen LogP contribution is 2.24. The Balaban J connectivity index is 1.54. The van der Waals surface area contributed by atoms with E-state index >= 15 is 0 Å². The number of aryl methyl sites for hydroxylation is 2. The van der Waals surface area contributed by atoms with Crippen molar-refractivity contribution in [1.29, 1.82) is 0 Å². The van der Waals surface area contributed by atoms with Crippen LogP contribution in [0.3, 0.4) is 0 Å². The number of hydrogen-bond acceptors (Lipinski definition) is 5. The van der Waals surface area contributed by atoms with E-state index in [9.17, 15) is 13.2 Å². The molecule has 3 heterocycles. The van der Waals surface area contributed by atoms with Gasteiger partial charge >= 0.3 is 0 Å². The molecule has 1 aliphatic heterocycles. The molecule has 1 amide bonds. The van der Waals surface area contributed by atoms with Gasteiger partial charge in [0.25, 0.3) is 10.0 Å². The quantitative estimate of drug-likeness (QED) is 0.855. The third-order valence-corrected chi connectivity index (χ3v) is 6.51. The van der Waals surface area contributed by atoms with Gasteiger partial charge in [-0.15, -0.1) is 11.3 Å². The average molecular weight is 368 g/mol. The second kappa shape index (κ2) is 6.66. The summed E-state index contributed by atoms with van der Waals surface area (Å²) in [6, 6.07) is 2.05. The molecule has 0 spiro atoms. The van der Waals surface area contributed by atoms with Gasteiger partial charge in [0.15, 0.2) is 5.03 Å². The fraction of sp³-hybridized carbons (Fsp3) is 0.467. The maximum atomic E-state index is 12.3. The number of amides is 1. The molecule has 130 valence electrons. The molecule has 9 heteroatoms. The molecule has 0 radical (unpaired) electrons. The first kappa shape index (κ1) is 17.1. The lowest BCUT2D eigenvalue weighted by atomic mass is 10.1. The first-order valence-electron chi connectivity index (χ1n) is 7.69. The van der Waals surface area contributed by atoms with Crippen LogP contribution in [0.1, 0.15) is 22.7 Å². The Bertz CT molecular complexity index is 834. The molecule has 0 saturated heterocycles. The Morgan fingerprint density at radius 3 is 2.96 bits per heavy atom. The number of thiophene rings is 1. The van der Waals surface area contributed by atoms with Crippen molar-refractivity contribution in [1.82, 2.24) is 19.2 Å². The van der Waals surface area contributed by atoms with Gasteiger partial charge < -0.3 is 9.47 Å². The number of carbonyl (C=O) groups excluding carboxylic acids is 1. The second-order valence-corrected chi connectivity index (χ2v) is 8.53. The summed E-state index contributed by atoms with van der Waals surface area (Å²) in [6.07, 6.45) is 2.48. The maximum Gasteiger partial charge on any atom is 0.259 e. The summed E-state index contributed by atoms with van der Waals surface area (Å²) in [7, 11) is -1.94. The summed E-state index contributed by atoms with van der Waals surface area (Å²) in [4.78, 5) is 19.4. The number of nitrogens with one attached hydrogen (secondary N) is 1. The molecule has 3 rings (SSSR count). The van der Waals surface area contributed by atoms with Crippen LogP contribution in [0, 0.1) is 6.92 Å². The molecule has 0 aliphatic carbocycles. The number of fused-ring (bicyclic) bond motifs is 1. The van der Waals surface area contributed by atoms with Crippen LogP contribution in [-0.4, -0.2) is 41.9 Å². The van der Waals surface area contributed by atoms with Crippen molar-refractivity contribution in [3.05, 3.63) is 33.9 Å². The molecular formula is C15H20N4O3S2. The molecule has 1 aliphatic rings. The first-order chi connectivity index (χ1) is 11.4. The van der Waals surface area contributed by atoms with Gasteiger partial charge in [-0.3, -0.25) is 4.79 Å². The maximum absolute atomic E-state index is 12.3. The molecule has 2 aromatic heterocycles. The Morgan fingerprint density at radius 1 is 1.46 bits per heavy atom. The molecule has 0 bridgehead atoms. The Kier molecular flexibility index (Phi) is 4.75. The van der Waals surface area contributed by atoms with Crippen molar-refractivity contribution in [3.63, 3.8) is 0 Å². The van der Waals surface area contributed by atoms with Crippen molar-refractivity contribution in [2.24, 2.45) is 7.05 Å². The van der Waals surface area contributed by atoms with E-state index in [0.29, 0.717) is 18.9 Å². The van der Waals surface area contributed by atoms with Crippen molar-refractivity contribution < 1.29 is 13.2 Å². The number of rotatable bonds is 5. The third-order valence-electron chi connectivity index (χ3n) is 4.15. The highest BCUT2D eigenvalue weighted by molar-refractivity contribution is 7.89. The van der Waals surface area contributed by atoms with Crippen LogP contribution >= 0.6 is 11.3 Å². The zero-order valence-corrected chi connectivity index (χ0v) is 15.3. The van der Waals surface area contributed by atoms with E-state index in [-0.39, 0.29) is 23.9 Å². The van der Waals surface area contributed by atoms with Crippen molar-refractivity contribution in [3.8, 4) is 0 Å². The van der Waals surface area contributed by atoms with E-state index in [1.165, 1.54) is 16.6 Å². The van der Waals surface area contributed by atoms with E-state index in [1.54, 1.807) is 34.8 Å². The van der Waals surface area contributed by atoms with E-state index in [1.807, 2.05) is 11.4 Å².